The van der Waals surface area contributed by atoms with Crippen LogP contribution in [0.5, 0.6) is 5.75 Å². The number of amides is 11. The molecule has 4 aromatic carbocycles. The van der Waals surface area contributed by atoms with Gasteiger partial charge in [-0.3, -0.25) is 4.79 Å². The van der Waals surface area contributed by atoms with Crippen molar-refractivity contribution in [3.8, 4) is 5.75 Å². The number of fused-ring (bicyclic) bond motifs is 1. The van der Waals surface area contributed by atoms with Crippen LogP contribution in [-0.2, 0) is 41.4 Å². The van der Waals surface area contributed by atoms with Crippen molar-refractivity contribution in [2.45, 2.75) is 324 Å². The number of benzene rings is 4. The van der Waals surface area contributed by atoms with Gasteiger partial charge in [0.2, 0.25) is 5.91 Å². The number of urea groups is 5. The average molecular weight is 2140 g/mol. The van der Waals surface area contributed by atoms with E-state index in [1.807, 2.05) is 109 Å². The van der Waals surface area contributed by atoms with E-state index < -0.39 is 34.3 Å². The molecule has 5 aromatic rings. The predicted molar refractivity (Wildman–Crippen MR) is 597 cm³/mol. The Balaban J connectivity index is 0.000000203. The number of carbonyl (C=O) groups is 6. The number of para-hydroxylation sites is 1. The van der Waals surface area contributed by atoms with E-state index in [0.29, 0.717) is 183 Å². The van der Waals surface area contributed by atoms with Gasteiger partial charge in [-0.1, -0.05) is 202 Å². The summed E-state index contributed by atoms with van der Waals surface area (Å²) >= 11 is 14.3. The maximum atomic E-state index is 15.1. The number of thiophene rings is 1. The SMILES string of the molecule is CCC(=O)NCCC[C@@](O)(c1cccc(Cl)c1)[C@@H]1CCCN(C(=O)N[C@H](CNC)CC2CCCCC2)C1.CNC[C@H](CC(C)(C)C)NC(=O)N1CCC[C@@H]([C@@](O)(CCCCOC)c2cccc(F)c2OCC2CC2)C1.CNC[C@H](CC1CCCCC1)NC(=O)N1CCC[C@@H]([C@@](O)(CCCNC(=O)NC)c2cccc(Cl)c2)C1.CNC[C@H](CC1CCCCC1)NC(=O)N1CCO[C@@H]([C@@](O)(CCCCOC)c2cccc3ccsc23)C1. The Morgan fingerprint density at radius 3 is 1.32 bits per heavy atom. The number of unbranched alkanes of at least 4 members (excludes halogenated alkanes) is 2. The number of likely N-dealkylation sites (N-methyl/N-ethyl adjacent to an activating group) is 4. The van der Waals surface area contributed by atoms with Crippen LogP contribution in [0, 0.1) is 52.7 Å². The van der Waals surface area contributed by atoms with E-state index in [4.69, 9.17) is 42.1 Å². The number of halogens is 3. The lowest BCUT2D eigenvalue weighted by molar-refractivity contribution is -0.145. The first-order valence-corrected chi connectivity index (χ1v) is 58.4. The van der Waals surface area contributed by atoms with Crippen molar-refractivity contribution in [2.24, 2.45) is 46.8 Å². The zero-order valence-corrected chi connectivity index (χ0v) is 94.3. The molecule has 8 aliphatic rings. The van der Waals surface area contributed by atoms with Crippen LogP contribution >= 0.6 is 34.5 Å². The molecule has 0 spiro atoms. The van der Waals surface area contributed by atoms with Crippen molar-refractivity contribution in [3.63, 3.8) is 0 Å². The molecule has 0 radical (unpaired) electrons. The number of hydrogen-bond donors (Lipinski definition) is 15. The number of methoxy groups -OCH3 is 2. The summed E-state index contributed by atoms with van der Waals surface area (Å²) in [6.45, 7) is 18.7. The van der Waals surface area contributed by atoms with Gasteiger partial charge in [0.25, 0.3) is 0 Å². The van der Waals surface area contributed by atoms with E-state index in [9.17, 15) is 49.2 Å². The average Bonchev–Trinajstić information content (AvgIpc) is 1.76. The normalized spacial score (nSPS) is 21.1. The zero-order valence-electron chi connectivity index (χ0n) is 92.0. The molecule has 4 saturated carbocycles. The minimum atomic E-state index is -1.32. The second-order valence-electron chi connectivity index (χ2n) is 45.0. The highest BCUT2D eigenvalue weighted by atomic mass is 35.5. The third-order valence-electron chi connectivity index (χ3n) is 32.2. The fraction of sp³-hybridized carbons (Fsp3) is 0.724. The standard InChI is InChI=1S/C30H50FN3O4.C29H47ClN4O3.C29H45N3O4S.C28H46ClN5O3/c1-29(2,3)18-24(19-32-4)33-28(35)34-16-9-10-23(20-34)30(36,15-6-7-17-37-5)25-11-8-12-26(31)27(25)38-21-22-13-14-22;1-3-27(35)32-16-9-15-29(37,23-12-7-14-25(30)19-23)24-13-8-17-34(21-24)28(36)33-26(20-31-2)18-22-10-5-4-6-11-22;1-30-20-24(19-22-9-4-3-5-10-22)31-28(33)32-15-17-36-26(21-32)29(34,14-6-7-16-35-2)25-12-8-11-23-13-18-37-27(23)25;1-30-19-25(17-21-9-4-3-5-10-21)33-27(36)34-16-7-12-23(20-34)28(37,14-8-15-32-26(35)31-2)22-11-6-13-24(29)18-22/h8,11-12,22-24,32,36H,6-7,9-10,13-21H2,1-5H3,(H,33,35);7,12,14,19,22,24,26,31,37H,3-6,8-11,13,15-18,20-21H2,1-2H3,(H,32,35)(H,33,36);8,11-13,18,22,24,26,30,34H,3-7,9-10,14-17,19-21H2,1-2H3,(H,31,33);6,11,13,18,21,23,25,30,37H,3-5,7-10,12,14-17,19-20H2,1-2H3,(H,33,36)(H2,31,32,35)/t23-,24+,30+;24-,26+,29-;24-,26+,29+;23-,25+,28-/m1101/s1. The zero-order chi connectivity index (χ0) is 107. The van der Waals surface area contributed by atoms with Crippen LogP contribution in [0.2, 0.25) is 10.0 Å². The Labute approximate surface area is 904 Å². The molecule has 11 amide bonds. The van der Waals surface area contributed by atoms with Crippen molar-refractivity contribution in [3.05, 3.63) is 134 Å². The second kappa shape index (κ2) is 64.1. The summed E-state index contributed by atoms with van der Waals surface area (Å²) in [5, 5.41) is 87.5. The first kappa shape index (κ1) is 123. The molecule has 149 heavy (non-hydrogen) atoms. The minimum Gasteiger partial charge on any atom is -0.490 e. The van der Waals surface area contributed by atoms with Gasteiger partial charge in [-0.25, -0.2) is 28.4 Å². The minimum absolute atomic E-state index is 0.00597. The monoisotopic (exact) mass is 2140 g/mol. The summed E-state index contributed by atoms with van der Waals surface area (Å²) in [7, 11) is 12.7. The lowest BCUT2D eigenvalue weighted by atomic mass is 9.73. The van der Waals surface area contributed by atoms with Crippen LogP contribution in [0.3, 0.4) is 0 Å². The molecule has 0 unspecified atom stereocenters. The molecule has 4 aliphatic carbocycles. The molecular formula is C116H188Cl2FN15O14S. The fourth-order valence-electron chi connectivity index (χ4n) is 24.0. The first-order valence-electron chi connectivity index (χ1n) is 56.7. The van der Waals surface area contributed by atoms with Crippen molar-refractivity contribution in [1.82, 2.24) is 78.1 Å². The summed E-state index contributed by atoms with van der Waals surface area (Å²) in [6, 6.07) is 27.7. The summed E-state index contributed by atoms with van der Waals surface area (Å²) in [5.74, 6) is 1.75. The van der Waals surface area contributed by atoms with Gasteiger partial charge in [0, 0.05) is 194 Å². The molecule has 4 aliphatic heterocycles. The largest absolute Gasteiger partial charge is 0.490 e. The van der Waals surface area contributed by atoms with E-state index in [1.54, 1.807) is 50.8 Å². The third kappa shape index (κ3) is 39.4. The Morgan fingerprint density at radius 1 is 0.463 bits per heavy atom. The Morgan fingerprint density at radius 2 is 0.879 bits per heavy atom. The van der Waals surface area contributed by atoms with Crippen molar-refractivity contribution in [1.29, 1.82) is 0 Å². The van der Waals surface area contributed by atoms with Gasteiger partial charge < -0.3 is 117 Å². The number of likely N-dealkylation sites (tertiary alicyclic amines) is 3. The van der Waals surface area contributed by atoms with Crippen LogP contribution in [0.4, 0.5) is 28.4 Å². The lowest BCUT2D eigenvalue weighted by Crippen LogP contribution is -2.58. The highest BCUT2D eigenvalue weighted by Crippen LogP contribution is 2.48. The molecule has 838 valence electrons. The summed E-state index contributed by atoms with van der Waals surface area (Å²) in [5.41, 5.74) is -1.77. The van der Waals surface area contributed by atoms with Gasteiger partial charge in [0.15, 0.2) is 11.6 Å². The van der Waals surface area contributed by atoms with Crippen molar-refractivity contribution < 1.29 is 72.5 Å². The highest BCUT2D eigenvalue weighted by Gasteiger charge is 2.49. The van der Waals surface area contributed by atoms with E-state index in [0.717, 1.165) is 149 Å². The van der Waals surface area contributed by atoms with E-state index in [2.05, 4.69) is 96.8 Å². The number of aliphatic hydroxyl groups is 4. The molecule has 8 fully saturated rings. The van der Waals surface area contributed by atoms with E-state index in [1.165, 1.54) is 102 Å². The number of rotatable bonds is 49. The predicted octanol–water partition coefficient (Wildman–Crippen LogP) is 19.0. The maximum absolute atomic E-state index is 15.1. The number of nitrogens with zero attached hydrogens (tertiary/aromatic N) is 4. The van der Waals surface area contributed by atoms with Gasteiger partial charge in [-0.05, 0) is 257 Å². The highest BCUT2D eigenvalue weighted by molar-refractivity contribution is 7.17. The summed E-state index contributed by atoms with van der Waals surface area (Å²) in [6.07, 6.45) is 36.6. The van der Waals surface area contributed by atoms with Crippen LogP contribution in [0.25, 0.3) is 10.1 Å². The quantitative estimate of drug-likeness (QED) is 0.0161. The van der Waals surface area contributed by atoms with Crippen LogP contribution in [0.15, 0.2) is 96.4 Å². The molecule has 5 heterocycles. The molecule has 15 N–H and O–H groups in total. The second-order valence-corrected chi connectivity index (χ2v) is 46.8. The number of ether oxygens (including phenoxy) is 4. The Kier molecular flexibility index (Phi) is 53.1. The molecule has 4 saturated heterocycles. The van der Waals surface area contributed by atoms with Gasteiger partial charge >= 0.3 is 30.2 Å². The fourth-order valence-corrected chi connectivity index (χ4v) is 25.3. The number of piperidine rings is 3. The van der Waals surface area contributed by atoms with Crippen LogP contribution in [0.1, 0.15) is 294 Å². The van der Waals surface area contributed by atoms with Gasteiger partial charge in [0.05, 0.1) is 36.6 Å². The molecule has 12 atom stereocenters. The first-order chi connectivity index (χ1) is 71.8. The smallest absolute Gasteiger partial charge is 0.317 e. The molecular weight excluding hydrogens is 1950 g/mol. The van der Waals surface area contributed by atoms with Crippen LogP contribution in [-0.4, -0.2) is 274 Å². The molecule has 0 bridgehead atoms. The van der Waals surface area contributed by atoms with Crippen molar-refractivity contribution in [2.75, 3.05) is 168 Å². The molecule has 33 heteroatoms. The number of nitrogens with one attached hydrogen (secondary N) is 11. The molecule has 1 aromatic heterocycles. The maximum Gasteiger partial charge on any atom is 0.317 e. The van der Waals surface area contributed by atoms with Gasteiger partial charge in [0.1, 0.15) is 11.7 Å². The van der Waals surface area contributed by atoms with Gasteiger partial charge in [-0.2, -0.15) is 0 Å². The Bertz CT molecular complexity index is 4620. The Hall–Kier alpha value is -7.47. The molecule has 13 rings (SSSR count). The number of hydrogen-bond acceptors (Lipinski definition) is 19. The number of carbonyl (C=O) groups excluding carboxylic acids is 6. The third-order valence-corrected chi connectivity index (χ3v) is 33.6. The summed E-state index contributed by atoms with van der Waals surface area (Å²) in [4.78, 5) is 84.3. The van der Waals surface area contributed by atoms with Crippen LogP contribution < -0.4 is 63.2 Å². The lowest BCUT2D eigenvalue weighted by Gasteiger charge is -2.43. The molecule has 29 nitrogen and oxygen atoms in total. The van der Waals surface area contributed by atoms with Crippen molar-refractivity contribution >= 4 is 80.7 Å². The summed E-state index contributed by atoms with van der Waals surface area (Å²) < 4.78 is 38.9. The number of morpholine rings is 1. The van der Waals surface area contributed by atoms with E-state index >= 15 is 4.39 Å². The van der Waals surface area contributed by atoms with E-state index in [-0.39, 0.29) is 89.1 Å². The topological polar surface area (TPSA) is 366 Å². The van der Waals surface area contributed by atoms with Gasteiger partial charge in [-0.15, -0.1) is 11.3 Å².